The number of rotatable bonds is 6. The summed E-state index contributed by atoms with van der Waals surface area (Å²) in [7, 11) is 0. The highest BCUT2D eigenvalue weighted by molar-refractivity contribution is 5.99. The van der Waals surface area contributed by atoms with Crippen LogP contribution in [0.15, 0.2) is 61.1 Å². The van der Waals surface area contributed by atoms with Gasteiger partial charge in [0.1, 0.15) is 17.8 Å². The normalized spacial score (nSPS) is 14.6. The number of carbonyl (C=O) groups excluding carboxylic acids is 1. The van der Waals surface area contributed by atoms with Crippen molar-refractivity contribution in [3.8, 4) is 5.69 Å². The van der Waals surface area contributed by atoms with Crippen LogP contribution in [0.25, 0.3) is 16.7 Å². The van der Waals surface area contributed by atoms with Crippen LogP contribution in [0, 0.1) is 0 Å². The number of nitrogens with zero attached hydrogens (tertiary/aromatic N) is 3. The summed E-state index contributed by atoms with van der Waals surface area (Å²) in [5.41, 5.74) is 7.89. The maximum absolute atomic E-state index is 12.9. The molecule has 4 aromatic rings. The van der Waals surface area contributed by atoms with Gasteiger partial charge in [0.25, 0.3) is 5.91 Å². The molecule has 0 atom stereocenters. The van der Waals surface area contributed by atoms with Gasteiger partial charge in [-0.1, -0.05) is 19.3 Å². The van der Waals surface area contributed by atoms with Gasteiger partial charge in [0.15, 0.2) is 0 Å². The van der Waals surface area contributed by atoms with Gasteiger partial charge in [-0.2, -0.15) is 13.2 Å². The molecule has 4 N–H and O–H groups in total. The number of amides is 1. The fraction of sp³-hybridized carbons (Fsp3) is 0.269. The fourth-order valence-electron chi connectivity index (χ4n) is 4.62. The van der Waals surface area contributed by atoms with Gasteiger partial charge in [-0.3, -0.25) is 4.79 Å². The van der Waals surface area contributed by atoms with Crippen molar-refractivity contribution in [3.05, 3.63) is 72.2 Å². The Morgan fingerprint density at radius 1 is 1.00 bits per heavy atom. The second-order valence-electron chi connectivity index (χ2n) is 8.92. The average molecular weight is 495 g/mol. The van der Waals surface area contributed by atoms with Crippen LogP contribution < -0.4 is 16.4 Å². The lowest BCUT2D eigenvalue weighted by Crippen LogP contribution is -2.24. The van der Waals surface area contributed by atoms with E-state index < -0.39 is 17.6 Å². The predicted octanol–water partition coefficient (Wildman–Crippen LogP) is 6.03. The first-order chi connectivity index (χ1) is 17.3. The van der Waals surface area contributed by atoms with Crippen LogP contribution in [0.2, 0.25) is 0 Å². The molecule has 0 radical (unpaired) electrons. The third-order valence-electron chi connectivity index (χ3n) is 6.47. The number of hydrogen-bond donors (Lipinski definition) is 3. The highest BCUT2D eigenvalue weighted by atomic mass is 19.4. The van der Waals surface area contributed by atoms with Gasteiger partial charge in [0.2, 0.25) is 0 Å². The average Bonchev–Trinajstić information content (AvgIpc) is 3.29. The van der Waals surface area contributed by atoms with E-state index in [2.05, 4.69) is 20.6 Å². The third kappa shape index (κ3) is 4.84. The zero-order valence-corrected chi connectivity index (χ0v) is 19.3. The molecule has 1 aliphatic carbocycles. The van der Waals surface area contributed by atoms with Crippen molar-refractivity contribution in [2.45, 2.75) is 44.3 Å². The summed E-state index contributed by atoms with van der Waals surface area (Å²) in [6, 6.07) is 12.3. The minimum atomic E-state index is -4.40. The van der Waals surface area contributed by atoms with Gasteiger partial charge in [0, 0.05) is 29.3 Å². The molecule has 2 aromatic carbocycles. The van der Waals surface area contributed by atoms with Gasteiger partial charge in [0.05, 0.1) is 16.5 Å². The molecule has 1 saturated carbocycles. The van der Waals surface area contributed by atoms with Crippen molar-refractivity contribution < 1.29 is 18.0 Å². The Balaban J connectivity index is 1.46. The van der Waals surface area contributed by atoms with E-state index in [1.807, 2.05) is 22.9 Å². The maximum Gasteiger partial charge on any atom is 0.416 e. The summed E-state index contributed by atoms with van der Waals surface area (Å²) in [5, 5.41) is 7.27. The van der Waals surface area contributed by atoms with Crippen LogP contribution in [0.5, 0.6) is 0 Å². The number of aromatic nitrogens is 3. The molecule has 1 fully saturated rings. The van der Waals surface area contributed by atoms with Crippen LogP contribution in [0.3, 0.4) is 0 Å². The van der Waals surface area contributed by atoms with Crippen LogP contribution in [0.4, 0.5) is 30.4 Å². The summed E-state index contributed by atoms with van der Waals surface area (Å²) in [5.74, 6) is -0.0320. The Bertz CT molecular complexity index is 1390. The molecule has 36 heavy (non-hydrogen) atoms. The van der Waals surface area contributed by atoms with Crippen molar-refractivity contribution in [1.82, 2.24) is 14.5 Å². The van der Waals surface area contributed by atoms with Crippen molar-refractivity contribution in [1.29, 1.82) is 0 Å². The summed E-state index contributed by atoms with van der Waals surface area (Å²) >= 11 is 0. The van der Waals surface area contributed by atoms with E-state index >= 15 is 0 Å². The molecule has 1 amide bonds. The Kier molecular flexibility index (Phi) is 6.26. The Morgan fingerprint density at radius 2 is 1.75 bits per heavy atom. The zero-order chi connectivity index (χ0) is 25.3. The lowest BCUT2D eigenvalue weighted by Gasteiger charge is -2.25. The molecule has 7 nitrogen and oxygen atoms in total. The topological polar surface area (TPSA) is 97.9 Å². The number of fused-ring (bicyclic) bond motifs is 1. The van der Waals surface area contributed by atoms with Crippen LogP contribution in [-0.2, 0) is 6.18 Å². The monoisotopic (exact) mass is 494 g/mol. The summed E-state index contributed by atoms with van der Waals surface area (Å²) < 4.78 is 40.5. The summed E-state index contributed by atoms with van der Waals surface area (Å²) in [6.45, 7) is 0. The van der Waals surface area contributed by atoms with Crippen LogP contribution in [0.1, 0.15) is 48.0 Å². The lowest BCUT2D eigenvalue weighted by atomic mass is 9.95. The molecular weight excluding hydrogens is 469 g/mol. The van der Waals surface area contributed by atoms with Gasteiger partial charge >= 0.3 is 6.18 Å². The lowest BCUT2D eigenvalue weighted by molar-refractivity contribution is -0.137. The smallest absolute Gasteiger partial charge is 0.382 e. The molecule has 1 aliphatic rings. The number of hydrogen-bond acceptors (Lipinski definition) is 5. The molecule has 186 valence electrons. The Labute approximate surface area is 205 Å². The van der Waals surface area contributed by atoms with Gasteiger partial charge < -0.3 is 20.9 Å². The first kappa shape index (κ1) is 23.7. The first-order valence-electron chi connectivity index (χ1n) is 11.8. The van der Waals surface area contributed by atoms with E-state index in [1.54, 1.807) is 12.1 Å². The molecule has 10 heteroatoms. The van der Waals surface area contributed by atoms with E-state index in [4.69, 9.17) is 5.73 Å². The highest BCUT2D eigenvalue weighted by Crippen LogP contribution is 2.32. The molecule has 0 spiro atoms. The zero-order valence-electron chi connectivity index (χ0n) is 19.3. The van der Waals surface area contributed by atoms with Crippen LogP contribution in [-0.4, -0.2) is 26.5 Å². The number of primary amides is 1. The molecular formula is C26H25F3N6O. The number of anilines is 3. The molecule has 2 heterocycles. The fourth-order valence-corrected chi connectivity index (χ4v) is 4.62. The van der Waals surface area contributed by atoms with Gasteiger partial charge in [-0.15, -0.1) is 0 Å². The predicted molar refractivity (Wildman–Crippen MR) is 133 cm³/mol. The quantitative estimate of drug-likeness (QED) is 0.304. The molecule has 0 saturated heterocycles. The van der Waals surface area contributed by atoms with Crippen LogP contribution >= 0.6 is 0 Å². The second kappa shape index (κ2) is 9.52. The number of halogens is 3. The van der Waals surface area contributed by atoms with Crippen molar-refractivity contribution in [3.63, 3.8) is 0 Å². The minimum Gasteiger partial charge on any atom is -0.382 e. The second-order valence-corrected chi connectivity index (χ2v) is 8.92. The summed E-state index contributed by atoms with van der Waals surface area (Å²) in [6.07, 6.45) is 4.44. The molecule has 5 rings (SSSR count). The molecule has 0 unspecified atom stereocenters. The Hall–Kier alpha value is -4.08. The number of alkyl halides is 3. The maximum atomic E-state index is 12.9. The number of nitrogens with two attached hydrogens (primary N) is 1. The molecule has 2 aromatic heterocycles. The largest absolute Gasteiger partial charge is 0.416 e. The Morgan fingerprint density at radius 3 is 2.44 bits per heavy atom. The van der Waals surface area contributed by atoms with E-state index in [0.29, 0.717) is 33.8 Å². The first-order valence-corrected chi connectivity index (χ1v) is 11.8. The van der Waals surface area contributed by atoms with Crippen molar-refractivity contribution in [2.75, 3.05) is 10.6 Å². The van der Waals surface area contributed by atoms with E-state index in [-0.39, 0.29) is 6.04 Å². The van der Waals surface area contributed by atoms with Gasteiger partial charge in [-0.25, -0.2) is 9.97 Å². The van der Waals surface area contributed by atoms with E-state index in [0.717, 1.165) is 43.5 Å². The number of benzene rings is 2. The van der Waals surface area contributed by atoms with E-state index in [9.17, 15) is 18.0 Å². The minimum absolute atomic E-state index is 0.287. The van der Waals surface area contributed by atoms with Crippen molar-refractivity contribution >= 4 is 34.1 Å². The number of nitrogens with one attached hydrogen (secondary N) is 2. The standard InChI is InChI=1S/C26H25F3N6O/c27-26(28,29)16-6-8-18(9-7-16)34-24-21-12-13-35(25(21)32-15-31-24)19-10-11-20(23(30)36)22(14-19)33-17-4-2-1-3-5-17/h6-15,17,33H,1-5H2,(H2,30,36)(H,31,32,34). The molecule has 0 bridgehead atoms. The molecule has 0 aliphatic heterocycles. The van der Waals surface area contributed by atoms with E-state index in [1.165, 1.54) is 24.9 Å². The SMILES string of the molecule is NC(=O)c1ccc(-n2ccc3c(Nc4ccc(C(F)(F)F)cc4)ncnc32)cc1NC1CCCCC1. The number of carbonyl (C=O) groups is 1. The summed E-state index contributed by atoms with van der Waals surface area (Å²) in [4.78, 5) is 20.8. The highest BCUT2D eigenvalue weighted by Gasteiger charge is 2.30. The van der Waals surface area contributed by atoms with Crippen molar-refractivity contribution in [2.24, 2.45) is 5.73 Å². The van der Waals surface area contributed by atoms with Gasteiger partial charge in [-0.05, 0) is 61.4 Å². The third-order valence-corrected chi connectivity index (χ3v) is 6.47.